The second-order valence-electron chi connectivity index (χ2n) is 8.49. The van der Waals surface area contributed by atoms with Gasteiger partial charge in [0.25, 0.3) is 0 Å². The van der Waals surface area contributed by atoms with Gasteiger partial charge in [0.15, 0.2) is 9.84 Å². The standard InChI is InChI=1S/C24H25N5O3S/c1-17-13-23(29(27-17)19-11-12-33(31,32)16-19)26-24(30)15-28-21-10-6-5-9-20(21)25-22(28)14-18-7-3-2-4-8-18/h2-10,13,19H,11-12,14-16H2,1H3,(H,26,30)/t19-/m1/s1. The second-order valence-corrected chi connectivity index (χ2v) is 10.7. The van der Waals surface area contributed by atoms with Gasteiger partial charge in [-0.3, -0.25) is 4.79 Å². The minimum absolute atomic E-state index is 0.0460. The Kier molecular flexibility index (Phi) is 5.49. The van der Waals surface area contributed by atoms with Crippen molar-refractivity contribution in [3.05, 3.63) is 77.7 Å². The van der Waals surface area contributed by atoms with E-state index in [1.165, 1.54) is 0 Å². The predicted octanol–water partition coefficient (Wildman–Crippen LogP) is 3.13. The third-order valence-electron chi connectivity index (χ3n) is 5.92. The molecular weight excluding hydrogens is 438 g/mol. The molecule has 3 heterocycles. The van der Waals surface area contributed by atoms with Crippen LogP contribution in [0.2, 0.25) is 0 Å². The number of nitrogens with one attached hydrogen (secondary N) is 1. The van der Waals surface area contributed by atoms with Crippen LogP contribution in [0, 0.1) is 6.92 Å². The molecule has 0 unspecified atom stereocenters. The number of aryl methyl sites for hydroxylation is 1. The van der Waals surface area contributed by atoms with E-state index in [1.807, 2.05) is 66.1 Å². The number of fused-ring (bicyclic) bond motifs is 1. The zero-order valence-electron chi connectivity index (χ0n) is 18.3. The van der Waals surface area contributed by atoms with E-state index in [0.717, 1.165) is 28.1 Å². The van der Waals surface area contributed by atoms with Crippen LogP contribution in [0.25, 0.3) is 11.0 Å². The van der Waals surface area contributed by atoms with E-state index in [9.17, 15) is 13.2 Å². The minimum Gasteiger partial charge on any atom is -0.318 e. The summed E-state index contributed by atoms with van der Waals surface area (Å²) >= 11 is 0. The van der Waals surface area contributed by atoms with E-state index < -0.39 is 9.84 Å². The van der Waals surface area contributed by atoms with Crippen molar-refractivity contribution in [3.63, 3.8) is 0 Å². The van der Waals surface area contributed by atoms with Gasteiger partial charge in [-0.25, -0.2) is 18.1 Å². The first-order valence-electron chi connectivity index (χ1n) is 10.9. The van der Waals surface area contributed by atoms with Crippen molar-refractivity contribution in [2.24, 2.45) is 0 Å². The lowest BCUT2D eigenvalue weighted by atomic mass is 10.1. The fourth-order valence-corrected chi connectivity index (χ4v) is 6.09. The molecule has 1 aliphatic heterocycles. The average Bonchev–Trinajstić information content (AvgIpc) is 3.44. The number of nitrogens with zero attached hydrogens (tertiary/aromatic N) is 4. The lowest BCUT2D eigenvalue weighted by molar-refractivity contribution is -0.116. The molecular formula is C24H25N5O3S. The number of carbonyl (C=O) groups excluding carboxylic acids is 1. The van der Waals surface area contributed by atoms with Crippen LogP contribution in [0.4, 0.5) is 5.82 Å². The van der Waals surface area contributed by atoms with E-state index in [-0.39, 0.29) is 30.0 Å². The van der Waals surface area contributed by atoms with E-state index in [2.05, 4.69) is 10.4 Å². The number of carbonyl (C=O) groups is 1. The van der Waals surface area contributed by atoms with Gasteiger partial charge in [-0.2, -0.15) is 5.10 Å². The highest BCUT2D eigenvalue weighted by molar-refractivity contribution is 7.91. The van der Waals surface area contributed by atoms with Crippen molar-refractivity contribution in [1.82, 2.24) is 19.3 Å². The molecule has 2 aromatic carbocycles. The number of hydrogen-bond donors (Lipinski definition) is 1. The first kappa shape index (κ1) is 21.4. The number of sulfone groups is 1. The molecule has 0 radical (unpaired) electrons. The molecule has 170 valence electrons. The number of hydrogen-bond acceptors (Lipinski definition) is 5. The summed E-state index contributed by atoms with van der Waals surface area (Å²) in [5.74, 6) is 1.31. The summed E-state index contributed by atoms with van der Waals surface area (Å²) in [6.45, 7) is 1.92. The van der Waals surface area contributed by atoms with Crippen LogP contribution < -0.4 is 5.32 Å². The summed E-state index contributed by atoms with van der Waals surface area (Å²) in [5, 5.41) is 7.40. The van der Waals surface area contributed by atoms with Crippen LogP contribution in [0.3, 0.4) is 0 Å². The first-order chi connectivity index (χ1) is 15.9. The largest absolute Gasteiger partial charge is 0.318 e. The SMILES string of the molecule is Cc1cc(NC(=O)Cn2c(Cc3ccccc3)nc3ccccc32)n([C@@H]2CCS(=O)(=O)C2)n1. The zero-order chi connectivity index (χ0) is 23.0. The molecule has 5 rings (SSSR count). The summed E-state index contributed by atoms with van der Waals surface area (Å²) in [6, 6.07) is 19.3. The van der Waals surface area contributed by atoms with Gasteiger partial charge >= 0.3 is 0 Å². The molecule has 9 heteroatoms. The Morgan fingerprint density at radius 3 is 2.64 bits per heavy atom. The third-order valence-corrected chi connectivity index (χ3v) is 7.67. The zero-order valence-corrected chi connectivity index (χ0v) is 19.1. The van der Waals surface area contributed by atoms with Crippen LogP contribution in [-0.2, 0) is 27.6 Å². The molecule has 2 aromatic heterocycles. The van der Waals surface area contributed by atoms with Crippen molar-refractivity contribution in [2.75, 3.05) is 16.8 Å². The molecule has 1 atom stereocenters. The number of anilines is 1. The smallest absolute Gasteiger partial charge is 0.245 e. The summed E-state index contributed by atoms with van der Waals surface area (Å²) in [4.78, 5) is 17.9. The van der Waals surface area contributed by atoms with Crippen molar-refractivity contribution >= 4 is 32.6 Å². The van der Waals surface area contributed by atoms with Crippen molar-refractivity contribution < 1.29 is 13.2 Å². The fraction of sp³-hybridized carbons (Fsp3) is 0.292. The molecule has 0 saturated carbocycles. The molecule has 1 aliphatic rings. The molecule has 4 aromatic rings. The topological polar surface area (TPSA) is 98.9 Å². The van der Waals surface area contributed by atoms with E-state index >= 15 is 0 Å². The molecule has 33 heavy (non-hydrogen) atoms. The molecule has 0 bridgehead atoms. The number of benzene rings is 2. The first-order valence-corrected chi connectivity index (χ1v) is 12.7. The van der Waals surface area contributed by atoms with Crippen LogP contribution in [0.1, 0.15) is 29.5 Å². The van der Waals surface area contributed by atoms with Crippen molar-refractivity contribution in [2.45, 2.75) is 32.4 Å². The molecule has 8 nitrogen and oxygen atoms in total. The highest BCUT2D eigenvalue weighted by Crippen LogP contribution is 2.27. The summed E-state index contributed by atoms with van der Waals surface area (Å²) in [5.41, 5.74) is 3.58. The van der Waals surface area contributed by atoms with Gasteiger partial charge in [0, 0.05) is 12.5 Å². The highest BCUT2D eigenvalue weighted by atomic mass is 32.2. The highest BCUT2D eigenvalue weighted by Gasteiger charge is 2.31. The van der Waals surface area contributed by atoms with Gasteiger partial charge < -0.3 is 9.88 Å². The molecule has 1 N–H and O–H groups in total. The molecule has 0 aliphatic carbocycles. The van der Waals surface area contributed by atoms with Gasteiger partial charge in [0.1, 0.15) is 18.2 Å². The lowest BCUT2D eigenvalue weighted by Gasteiger charge is -2.15. The van der Waals surface area contributed by atoms with Crippen molar-refractivity contribution in [3.8, 4) is 0 Å². The van der Waals surface area contributed by atoms with Crippen LogP contribution in [0.5, 0.6) is 0 Å². The van der Waals surface area contributed by atoms with Crippen LogP contribution in [0.15, 0.2) is 60.7 Å². The lowest BCUT2D eigenvalue weighted by Crippen LogP contribution is -2.23. The molecule has 1 saturated heterocycles. The quantitative estimate of drug-likeness (QED) is 0.474. The minimum atomic E-state index is -3.07. The summed E-state index contributed by atoms with van der Waals surface area (Å²) in [6.07, 6.45) is 1.11. The summed E-state index contributed by atoms with van der Waals surface area (Å²) in [7, 11) is -3.07. The van der Waals surface area contributed by atoms with Crippen LogP contribution >= 0.6 is 0 Å². The third kappa shape index (κ3) is 4.54. The number of rotatable bonds is 6. The molecule has 1 fully saturated rings. The van der Waals surface area contributed by atoms with Gasteiger partial charge in [-0.15, -0.1) is 0 Å². The van der Waals surface area contributed by atoms with Gasteiger partial charge in [0.2, 0.25) is 5.91 Å². The number of amides is 1. The molecule has 1 amide bonds. The Labute approximate surface area is 192 Å². The maximum absolute atomic E-state index is 13.1. The fourth-order valence-electron chi connectivity index (χ4n) is 4.40. The van der Waals surface area contributed by atoms with E-state index in [1.54, 1.807) is 10.7 Å². The maximum atomic E-state index is 13.1. The van der Waals surface area contributed by atoms with Crippen molar-refractivity contribution in [1.29, 1.82) is 0 Å². The Bertz CT molecular complexity index is 1420. The Hall–Kier alpha value is -3.46. The number of aromatic nitrogens is 4. The maximum Gasteiger partial charge on any atom is 0.245 e. The normalized spacial score (nSPS) is 17.4. The van der Waals surface area contributed by atoms with Gasteiger partial charge in [-0.05, 0) is 31.0 Å². The Balaban J connectivity index is 1.41. The Morgan fingerprint density at radius 2 is 1.88 bits per heavy atom. The van der Waals surface area contributed by atoms with E-state index in [0.29, 0.717) is 18.7 Å². The molecule has 0 spiro atoms. The summed E-state index contributed by atoms with van der Waals surface area (Å²) < 4.78 is 27.5. The predicted molar refractivity (Wildman–Crippen MR) is 127 cm³/mol. The van der Waals surface area contributed by atoms with Crippen LogP contribution in [-0.4, -0.2) is 45.2 Å². The number of para-hydroxylation sites is 2. The monoisotopic (exact) mass is 463 g/mol. The number of imidazole rings is 1. The van der Waals surface area contributed by atoms with Gasteiger partial charge in [0.05, 0.1) is 34.3 Å². The Morgan fingerprint density at radius 1 is 1.12 bits per heavy atom. The second kappa shape index (κ2) is 8.47. The van der Waals surface area contributed by atoms with Gasteiger partial charge in [-0.1, -0.05) is 42.5 Å². The van der Waals surface area contributed by atoms with E-state index in [4.69, 9.17) is 4.98 Å². The average molecular weight is 464 g/mol.